The molecule has 0 atom stereocenters. The number of H-pyrrole nitrogens is 1. The summed E-state index contributed by atoms with van der Waals surface area (Å²) in [6, 6.07) is 8.07. The number of anilines is 2. The van der Waals surface area contributed by atoms with E-state index in [0.717, 1.165) is 74.5 Å². The fourth-order valence-corrected chi connectivity index (χ4v) is 4.42. The Labute approximate surface area is 190 Å². The molecule has 5 rings (SSSR count). The van der Waals surface area contributed by atoms with E-state index in [-0.39, 0.29) is 0 Å². The van der Waals surface area contributed by atoms with Crippen LogP contribution in [0.4, 0.5) is 11.8 Å². The van der Waals surface area contributed by atoms with Crippen LogP contribution in [0.15, 0.2) is 41.2 Å². The molecular formula is C22H27N8OS+. The van der Waals surface area contributed by atoms with Crippen molar-refractivity contribution in [3.8, 4) is 11.4 Å². The van der Waals surface area contributed by atoms with Crippen LogP contribution in [-0.2, 0) is 18.3 Å². The first kappa shape index (κ1) is 20.8. The molecule has 3 N–H and O–H groups in total. The third-order valence-electron chi connectivity index (χ3n) is 5.53. The van der Waals surface area contributed by atoms with Gasteiger partial charge in [0, 0.05) is 26.2 Å². The molecule has 0 radical (unpaired) electrons. The van der Waals surface area contributed by atoms with Crippen molar-refractivity contribution >= 4 is 34.1 Å². The van der Waals surface area contributed by atoms with Gasteiger partial charge in [0.25, 0.3) is 5.65 Å². The molecular weight excluding hydrogens is 424 g/mol. The van der Waals surface area contributed by atoms with Gasteiger partial charge in [-0.3, -0.25) is 15.3 Å². The van der Waals surface area contributed by atoms with Crippen molar-refractivity contribution in [2.75, 3.05) is 50.0 Å². The predicted molar refractivity (Wildman–Crippen MR) is 126 cm³/mol. The molecule has 1 aliphatic heterocycles. The van der Waals surface area contributed by atoms with E-state index in [2.05, 4.69) is 42.6 Å². The minimum Gasteiger partial charge on any atom is -0.379 e. The van der Waals surface area contributed by atoms with Gasteiger partial charge in [-0.15, -0.1) is 5.10 Å². The molecule has 0 spiro atoms. The molecule has 0 unspecified atom stereocenters. The highest BCUT2D eigenvalue weighted by atomic mass is 32.1. The Kier molecular flexibility index (Phi) is 6.24. The van der Waals surface area contributed by atoms with Gasteiger partial charge >= 0.3 is 5.95 Å². The maximum absolute atomic E-state index is 5.41. The van der Waals surface area contributed by atoms with Gasteiger partial charge in [-0.1, -0.05) is 6.07 Å². The van der Waals surface area contributed by atoms with E-state index in [1.807, 2.05) is 36.0 Å². The van der Waals surface area contributed by atoms with Crippen LogP contribution < -0.4 is 15.2 Å². The van der Waals surface area contributed by atoms with Crippen LogP contribution in [-0.4, -0.2) is 64.5 Å². The number of rotatable bonds is 8. The molecule has 0 aromatic carbocycles. The van der Waals surface area contributed by atoms with E-state index in [9.17, 15) is 0 Å². The van der Waals surface area contributed by atoms with Gasteiger partial charge in [-0.05, 0) is 39.5 Å². The topological polar surface area (TPSA) is 94.9 Å². The molecule has 10 heteroatoms. The second-order valence-corrected chi connectivity index (χ2v) is 8.57. The lowest BCUT2D eigenvalue weighted by atomic mass is 10.2. The molecule has 1 aliphatic rings. The number of ether oxygens (including phenoxy) is 1. The molecule has 5 heterocycles. The molecule has 9 nitrogen and oxygen atoms in total. The number of nitrogens with zero attached hydrogens (tertiary/aromatic N) is 5. The molecule has 4 aromatic rings. The summed E-state index contributed by atoms with van der Waals surface area (Å²) in [5.41, 5.74) is 3.62. The highest BCUT2D eigenvalue weighted by Crippen LogP contribution is 2.24. The first-order valence-electron chi connectivity index (χ1n) is 10.8. The fourth-order valence-electron chi connectivity index (χ4n) is 3.75. The fraction of sp³-hybridized carbons (Fsp3) is 0.364. The largest absolute Gasteiger partial charge is 0.393 e. The minimum absolute atomic E-state index is 0.672. The van der Waals surface area contributed by atoms with Crippen molar-refractivity contribution in [3.63, 3.8) is 0 Å². The maximum Gasteiger partial charge on any atom is 0.393 e. The number of pyridine rings is 1. The summed E-state index contributed by atoms with van der Waals surface area (Å²) < 4.78 is 7.41. The van der Waals surface area contributed by atoms with Gasteiger partial charge in [-0.2, -0.15) is 11.3 Å². The molecule has 166 valence electrons. The van der Waals surface area contributed by atoms with Gasteiger partial charge in [0.05, 0.1) is 49.8 Å². The normalized spacial score (nSPS) is 14.7. The van der Waals surface area contributed by atoms with Gasteiger partial charge in [-0.25, -0.2) is 9.55 Å². The van der Waals surface area contributed by atoms with E-state index in [0.29, 0.717) is 5.65 Å². The molecule has 1 saturated heterocycles. The molecule has 4 aromatic heterocycles. The smallest absolute Gasteiger partial charge is 0.379 e. The van der Waals surface area contributed by atoms with Gasteiger partial charge in [0.1, 0.15) is 5.82 Å². The number of aromatic nitrogens is 5. The Balaban J connectivity index is 1.30. The number of aromatic amines is 1. The zero-order valence-electron chi connectivity index (χ0n) is 18.0. The quantitative estimate of drug-likeness (QED) is 0.354. The average molecular weight is 452 g/mol. The number of hydrogen-bond acceptors (Lipinski definition) is 8. The number of hydrogen-bond donors (Lipinski definition) is 3. The van der Waals surface area contributed by atoms with E-state index < -0.39 is 0 Å². The van der Waals surface area contributed by atoms with E-state index in [1.165, 1.54) is 5.56 Å². The minimum atomic E-state index is 0.672. The summed E-state index contributed by atoms with van der Waals surface area (Å²) >= 11 is 1.70. The van der Waals surface area contributed by atoms with Crippen molar-refractivity contribution in [2.24, 2.45) is 7.05 Å². The van der Waals surface area contributed by atoms with E-state index in [4.69, 9.17) is 14.7 Å². The molecule has 0 bridgehead atoms. The highest BCUT2D eigenvalue weighted by Gasteiger charge is 2.19. The lowest BCUT2D eigenvalue weighted by Gasteiger charge is -2.25. The van der Waals surface area contributed by atoms with Crippen LogP contribution in [0, 0.1) is 0 Å². The number of morpholine rings is 1. The van der Waals surface area contributed by atoms with E-state index >= 15 is 0 Å². The first-order valence-corrected chi connectivity index (χ1v) is 11.7. The first-order chi connectivity index (χ1) is 15.8. The molecule has 0 aliphatic carbocycles. The molecule has 32 heavy (non-hydrogen) atoms. The lowest BCUT2D eigenvalue weighted by molar-refractivity contribution is -0.658. The number of fused-ring (bicyclic) bond motifs is 1. The Morgan fingerprint density at radius 1 is 1.19 bits per heavy atom. The van der Waals surface area contributed by atoms with Crippen LogP contribution in [0.2, 0.25) is 0 Å². The zero-order valence-corrected chi connectivity index (χ0v) is 18.9. The zero-order chi connectivity index (χ0) is 21.8. The highest BCUT2D eigenvalue weighted by molar-refractivity contribution is 7.07. The van der Waals surface area contributed by atoms with E-state index in [1.54, 1.807) is 11.3 Å². The average Bonchev–Trinajstić information content (AvgIpc) is 3.49. The van der Waals surface area contributed by atoms with Gasteiger partial charge in [0.2, 0.25) is 0 Å². The summed E-state index contributed by atoms with van der Waals surface area (Å²) in [4.78, 5) is 11.9. The van der Waals surface area contributed by atoms with Crippen molar-refractivity contribution < 1.29 is 9.30 Å². The third-order valence-corrected chi connectivity index (χ3v) is 6.26. The number of aryl methyl sites for hydroxylation is 1. The van der Waals surface area contributed by atoms with Crippen LogP contribution in [0.25, 0.3) is 22.4 Å². The number of thiophene rings is 1. The van der Waals surface area contributed by atoms with Crippen molar-refractivity contribution in [1.82, 2.24) is 25.1 Å². The Morgan fingerprint density at radius 2 is 2.09 bits per heavy atom. The summed E-state index contributed by atoms with van der Waals surface area (Å²) in [6.07, 6.45) is 2.05. The second-order valence-electron chi connectivity index (χ2n) is 7.79. The summed E-state index contributed by atoms with van der Waals surface area (Å²) in [7, 11) is 1.99. The summed E-state index contributed by atoms with van der Waals surface area (Å²) in [6.45, 7) is 6.13. The Morgan fingerprint density at radius 3 is 2.94 bits per heavy atom. The predicted octanol–water partition coefficient (Wildman–Crippen LogP) is 2.26. The Bertz CT molecular complexity index is 1170. The van der Waals surface area contributed by atoms with Crippen LogP contribution in [0.3, 0.4) is 0 Å². The molecule has 0 amide bonds. The maximum atomic E-state index is 5.41. The van der Waals surface area contributed by atoms with Crippen molar-refractivity contribution in [1.29, 1.82) is 0 Å². The number of nitrogens with one attached hydrogen (secondary N) is 3. The van der Waals surface area contributed by atoms with Crippen LogP contribution in [0.5, 0.6) is 0 Å². The summed E-state index contributed by atoms with van der Waals surface area (Å²) in [5.74, 6) is 1.62. The second kappa shape index (κ2) is 9.60. The van der Waals surface area contributed by atoms with Crippen molar-refractivity contribution in [3.05, 3.63) is 46.8 Å². The van der Waals surface area contributed by atoms with Gasteiger partial charge < -0.3 is 10.1 Å². The lowest BCUT2D eigenvalue weighted by Crippen LogP contribution is -2.40. The Hall–Kier alpha value is -3.08. The van der Waals surface area contributed by atoms with Gasteiger partial charge in [0.15, 0.2) is 0 Å². The monoisotopic (exact) mass is 451 g/mol. The van der Waals surface area contributed by atoms with Crippen LogP contribution >= 0.6 is 11.3 Å². The third kappa shape index (κ3) is 4.72. The standard InChI is InChI=1S/C22H26N8OS/c1-29-14-17-20(18-3-2-4-19(25-18)24-13-16-5-12-32-15-16)27-28-21(17)26-22(29)23-6-7-30-8-10-31-11-9-30/h2-5,12,14-15H,6-11,13H2,1H3,(H2,23,24,25,26,28)/p+1. The van der Waals surface area contributed by atoms with Crippen LogP contribution in [0.1, 0.15) is 5.56 Å². The van der Waals surface area contributed by atoms with Crippen molar-refractivity contribution in [2.45, 2.75) is 6.54 Å². The molecule has 1 fully saturated rings. The SMILES string of the molecule is C[n+]1cc2c(-c3cccc(NCc4ccsc4)n3)[nH]nc2nc1NCCN1CCOCC1. The summed E-state index contributed by atoms with van der Waals surface area (Å²) in [5, 5.41) is 19.5. The molecule has 0 saturated carbocycles.